The standard InChI is InChI=1S/C22H42N2O4/c1-5-25-19-16-20(17-19)26-13-10-23-8-6-22(7-9-23)18-24(12-15-28-22)11-14-27-21(2,3)4/h19-20H,5-18H2,1-4H3. The van der Waals surface area contributed by atoms with Crippen molar-refractivity contribution in [2.24, 2.45) is 0 Å². The van der Waals surface area contributed by atoms with Crippen molar-refractivity contribution in [3.63, 3.8) is 0 Å². The monoisotopic (exact) mass is 398 g/mol. The summed E-state index contributed by atoms with van der Waals surface area (Å²) in [6.07, 6.45) is 5.24. The fourth-order valence-corrected chi connectivity index (χ4v) is 4.46. The van der Waals surface area contributed by atoms with Crippen LogP contribution >= 0.6 is 0 Å². The van der Waals surface area contributed by atoms with E-state index in [0.29, 0.717) is 12.2 Å². The molecule has 0 aromatic heterocycles. The summed E-state index contributed by atoms with van der Waals surface area (Å²) in [6.45, 7) is 18.1. The van der Waals surface area contributed by atoms with Gasteiger partial charge in [-0.25, -0.2) is 0 Å². The van der Waals surface area contributed by atoms with Crippen LogP contribution in [0.4, 0.5) is 0 Å². The molecule has 0 bridgehead atoms. The third-order valence-corrected chi connectivity index (χ3v) is 6.25. The molecule has 2 aliphatic heterocycles. The van der Waals surface area contributed by atoms with E-state index >= 15 is 0 Å². The summed E-state index contributed by atoms with van der Waals surface area (Å²) in [5.74, 6) is 0. The van der Waals surface area contributed by atoms with Gasteiger partial charge in [0.05, 0.1) is 43.2 Å². The molecule has 3 rings (SSSR count). The van der Waals surface area contributed by atoms with E-state index in [-0.39, 0.29) is 11.2 Å². The molecule has 164 valence electrons. The van der Waals surface area contributed by atoms with Crippen LogP contribution in [-0.4, -0.2) is 98.9 Å². The average Bonchev–Trinajstić information content (AvgIpc) is 2.60. The van der Waals surface area contributed by atoms with Crippen LogP contribution in [0.15, 0.2) is 0 Å². The van der Waals surface area contributed by atoms with Crippen molar-refractivity contribution in [1.82, 2.24) is 9.80 Å². The quantitative estimate of drug-likeness (QED) is 0.595. The average molecular weight is 399 g/mol. The molecular formula is C22H42N2O4. The number of hydrogen-bond acceptors (Lipinski definition) is 6. The summed E-state index contributed by atoms with van der Waals surface area (Å²) in [5.41, 5.74) is -0.00315. The smallest absolute Gasteiger partial charge is 0.0833 e. The van der Waals surface area contributed by atoms with Crippen molar-refractivity contribution >= 4 is 0 Å². The highest BCUT2D eigenvalue weighted by Gasteiger charge is 2.39. The minimum absolute atomic E-state index is 0.0516. The second-order valence-corrected chi connectivity index (χ2v) is 9.65. The molecule has 1 aliphatic carbocycles. The minimum atomic E-state index is -0.0548. The van der Waals surface area contributed by atoms with Crippen LogP contribution in [0.2, 0.25) is 0 Å². The van der Waals surface area contributed by atoms with Gasteiger partial charge in [-0.1, -0.05) is 0 Å². The van der Waals surface area contributed by atoms with Gasteiger partial charge in [-0.15, -0.1) is 0 Å². The maximum Gasteiger partial charge on any atom is 0.0833 e. The molecule has 3 fully saturated rings. The zero-order valence-electron chi connectivity index (χ0n) is 18.6. The Kier molecular flexibility index (Phi) is 8.16. The minimum Gasteiger partial charge on any atom is -0.378 e. The molecule has 2 heterocycles. The predicted octanol–water partition coefficient (Wildman–Crippen LogP) is 2.55. The van der Waals surface area contributed by atoms with Crippen LogP contribution in [0.1, 0.15) is 53.4 Å². The first-order valence-corrected chi connectivity index (χ1v) is 11.3. The Labute approximate surface area is 171 Å². The zero-order chi connectivity index (χ0) is 20.0. The molecular weight excluding hydrogens is 356 g/mol. The first-order chi connectivity index (χ1) is 13.4. The molecule has 0 aromatic rings. The van der Waals surface area contributed by atoms with Crippen LogP contribution in [-0.2, 0) is 18.9 Å². The largest absolute Gasteiger partial charge is 0.378 e. The van der Waals surface area contributed by atoms with Crippen molar-refractivity contribution in [2.45, 2.75) is 76.8 Å². The highest BCUT2D eigenvalue weighted by Crippen LogP contribution is 2.30. The van der Waals surface area contributed by atoms with Crippen LogP contribution in [0, 0.1) is 0 Å². The molecule has 0 N–H and O–H groups in total. The van der Waals surface area contributed by atoms with Gasteiger partial charge in [0.25, 0.3) is 0 Å². The van der Waals surface area contributed by atoms with Gasteiger partial charge in [-0.05, 0) is 53.4 Å². The van der Waals surface area contributed by atoms with Gasteiger partial charge >= 0.3 is 0 Å². The third-order valence-electron chi connectivity index (χ3n) is 6.25. The lowest BCUT2D eigenvalue weighted by atomic mass is 9.89. The molecule has 28 heavy (non-hydrogen) atoms. The molecule has 1 saturated carbocycles. The van der Waals surface area contributed by atoms with Crippen LogP contribution in [0.5, 0.6) is 0 Å². The van der Waals surface area contributed by atoms with E-state index in [1.807, 2.05) is 0 Å². The summed E-state index contributed by atoms with van der Waals surface area (Å²) in [6, 6.07) is 0. The SMILES string of the molecule is CCOC1CC(OCCN2CCC3(CC2)CN(CCOC(C)(C)C)CCO3)C1. The molecule has 0 atom stereocenters. The lowest BCUT2D eigenvalue weighted by Crippen LogP contribution is -2.57. The second kappa shape index (κ2) is 10.2. The second-order valence-electron chi connectivity index (χ2n) is 9.65. The Balaban J connectivity index is 1.29. The Morgan fingerprint density at radius 2 is 1.61 bits per heavy atom. The van der Waals surface area contributed by atoms with Gasteiger partial charge in [-0.3, -0.25) is 4.90 Å². The molecule has 6 nitrogen and oxygen atoms in total. The number of rotatable bonds is 9. The summed E-state index contributed by atoms with van der Waals surface area (Å²) < 4.78 is 23.8. The topological polar surface area (TPSA) is 43.4 Å². The molecule has 0 aromatic carbocycles. The molecule has 3 aliphatic rings. The van der Waals surface area contributed by atoms with Crippen molar-refractivity contribution in [3.8, 4) is 0 Å². The Bertz CT molecular complexity index is 454. The Morgan fingerprint density at radius 3 is 2.29 bits per heavy atom. The molecule has 0 unspecified atom stereocenters. The first kappa shape index (κ1) is 22.4. The van der Waals surface area contributed by atoms with Crippen LogP contribution in [0.3, 0.4) is 0 Å². The van der Waals surface area contributed by atoms with Gasteiger partial charge in [0.1, 0.15) is 0 Å². The first-order valence-electron chi connectivity index (χ1n) is 11.3. The fraction of sp³-hybridized carbons (Fsp3) is 1.00. The number of hydrogen-bond donors (Lipinski definition) is 0. The summed E-state index contributed by atoms with van der Waals surface area (Å²) >= 11 is 0. The van der Waals surface area contributed by atoms with E-state index in [9.17, 15) is 0 Å². The van der Waals surface area contributed by atoms with E-state index in [1.54, 1.807) is 0 Å². The molecule has 0 amide bonds. The third kappa shape index (κ3) is 6.92. The lowest BCUT2D eigenvalue weighted by Gasteiger charge is -2.47. The van der Waals surface area contributed by atoms with E-state index in [4.69, 9.17) is 18.9 Å². The fourth-order valence-electron chi connectivity index (χ4n) is 4.46. The van der Waals surface area contributed by atoms with Crippen LogP contribution in [0.25, 0.3) is 0 Å². The summed E-state index contributed by atoms with van der Waals surface area (Å²) in [7, 11) is 0. The van der Waals surface area contributed by atoms with Crippen molar-refractivity contribution in [3.05, 3.63) is 0 Å². The number of piperidine rings is 1. The number of morpholine rings is 1. The highest BCUT2D eigenvalue weighted by atomic mass is 16.5. The zero-order valence-corrected chi connectivity index (χ0v) is 18.6. The van der Waals surface area contributed by atoms with Gasteiger partial charge in [0, 0.05) is 45.9 Å². The molecule has 1 spiro atoms. The highest BCUT2D eigenvalue weighted by molar-refractivity contribution is 4.93. The van der Waals surface area contributed by atoms with Gasteiger partial charge in [0.2, 0.25) is 0 Å². The normalized spacial score (nSPS) is 29.1. The predicted molar refractivity (Wildman–Crippen MR) is 111 cm³/mol. The molecule has 6 heteroatoms. The van der Waals surface area contributed by atoms with Crippen molar-refractivity contribution in [2.75, 3.05) is 65.7 Å². The maximum atomic E-state index is 6.28. The Hall–Kier alpha value is -0.240. The molecule has 2 saturated heterocycles. The van der Waals surface area contributed by atoms with Gasteiger partial charge in [0.15, 0.2) is 0 Å². The molecule has 0 radical (unpaired) electrons. The van der Waals surface area contributed by atoms with E-state index in [1.165, 1.54) is 0 Å². The summed E-state index contributed by atoms with van der Waals surface area (Å²) in [4.78, 5) is 5.06. The Morgan fingerprint density at radius 1 is 0.929 bits per heavy atom. The summed E-state index contributed by atoms with van der Waals surface area (Å²) in [5, 5.41) is 0. The van der Waals surface area contributed by atoms with Gasteiger partial charge < -0.3 is 23.8 Å². The van der Waals surface area contributed by atoms with Crippen molar-refractivity contribution in [1.29, 1.82) is 0 Å². The van der Waals surface area contributed by atoms with Crippen LogP contribution < -0.4 is 0 Å². The van der Waals surface area contributed by atoms with Gasteiger partial charge in [-0.2, -0.15) is 0 Å². The van der Waals surface area contributed by atoms with E-state index in [2.05, 4.69) is 37.5 Å². The number of ether oxygens (including phenoxy) is 4. The maximum absolute atomic E-state index is 6.28. The number of likely N-dealkylation sites (tertiary alicyclic amines) is 1. The lowest BCUT2D eigenvalue weighted by molar-refractivity contribution is -0.143. The van der Waals surface area contributed by atoms with E-state index in [0.717, 1.165) is 91.4 Å². The van der Waals surface area contributed by atoms with Crippen molar-refractivity contribution < 1.29 is 18.9 Å². The number of nitrogens with zero attached hydrogens (tertiary/aromatic N) is 2. The van der Waals surface area contributed by atoms with E-state index < -0.39 is 0 Å².